The van der Waals surface area contributed by atoms with E-state index in [4.69, 9.17) is 10.7 Å². The Labute approximate surface area is 221 Å². The number of carbonyl (C=O) groups is 2. The molecular weight excluding hydrogens is 476 g/mol. The molecule has 0 radical (unpaired) electrons. The number of benzene rings is 3. The number of piperazine rings is 1. The second kappa shape index (κ2) is 11.1. The number of nitrogens with zero attached hydrogens (tertiary/aromatic N) is 4. The summed E-state index contributed by atoms with van der Waals surface area (Å²) < 4.78 is 0. The number of anilines is 3. The molecule has 8 heteroatoms. The van der Waals surface area contributed by atoms with Crippen molar-refractivity contribution in [3.05, 3.63) is 84.6 Å². The number of hydrogen-bond acceptors (Lipinski definition) is 6. The molecule has 3 aromatic carbocycles. The molecule has 4 aromatic rings. The molecule has 0 saturated carbocycles. The highest BCUT2D eigenvalue weighted by molar-refractivity contribution is 5.95. The molecule has 2 amide bonds. The number of carbonyl (C=O) groups excluding carboxylic acids is 2. The first-order valence-corrected chi connectivity index (χ1v) is 12.7. The maximum absolute atomic E-state index is 11.9. The van der Waals surface area contributed by atoms with Crippen LogP contribution in [0.15, 0.2) is 79.0 Å². The number of nitrogens with one attached hydrogen (secondary N) is 1. The SMILES string of the molecule is CCC(=O)N1CCN(c2ccc(Nc3ncc4cccc(-c5cccc(C=CC(N)=O)c5)c4n3)cc2)CC1. The van der Waals surface area contributed by atoms with Gasteiger partial charge in [-0.3, -0.25) is 9.59 Å². The van der Waals surface area contributed by atoms with Crippen molar-refractivity contribution in [1.82, 2.24) is 14.9 Å². The molecule has 38 heavy (non-hydrogen) atoms. The fourth-order valence-electron chi connectivity index (χ4n) is 4.66. The van der Waals surface area contributed by atoms with E-state index in [-0.39, 0.29) is 5.91 Å². The van der Waals surface area contributed by atoms with Gasteiger partial charge in [0, 0.05) is 67.2 Å². The molecule has 1 saturated heterocycles. The van der Waals surface area contributed by atoms with Crippen molar-refractivity contribution in [1.29, 1.82) is 0 Å². The lowest BCUT2D eigenvalue weighted by Crippen LogP contribution is -2.48. The molecular formula is C30H30N6O2. The van der Waals surface area contributed by atoms with Gasteiger partial charge in [0.2, 0.25) is 17.8 Å². The maximum Gasteiger partial charge on any atom is 0.241 e. The van der Waals surface area contributed by atoms with Crippen molar-refractivity contribution < 1.29 is 9.59 Å². The molecule has 1 fully saturated rings. The summed E-state index contributed by atoms with van der Waals surface area (Å²) in [5, 5.41) is 4.26. The van der Waals surface area contributed by atoms with E-state index < -0.39 is 5.91 Å². The largest absolute Gasteiger partial charge is 0.368 e. The molecule has 1 aromatic heterocycles. The van der Waals surface area contributed by atoms with Crippen LogP contribution in [0.25, 0.3) is 28.1 Å². The van der Waals surface area contributed by atoms with Crippen LogP contribution in [0.2, 0.25) is 0 Å². The van der Waals surface area contributed by atoms with E-state index in [1.807, 2.05) is 72.6 Å². The van der Waals surface area contributed by atoms with Gasteiger partial charge in [-0.1, -0.05) is 43.3 Å². The van der Waals surface area contributed by atoms with Gasteiger partial charge in [0.05, 0.1) is 5.52 Å². The Morgan fingerprint density at radius 2 is 1.76 bits per heavy atom. The van der Waals surface area contributed by atoms with Gasteiger partial charge in [-0.05, 0) is 47.5 Å². The standard InChI is InChI=1S/C30H30N6O2/c1-2-28(38)36-17-15-35(16-18-36)25-12-10-24(11-13-25)33-30-32-20-23-7-4-8-26(29(23)34-30)22-6-3-5-21(19-22)9-14-27(31)37/h3-14,19-20H,2,15-18H2,1H3,(H2,31,37)(H,32,33,34). The number of nitrogens with two attached hydrogens (primary N) is 1. The van der Waals surface area contributed by atoms with Gasteiger partial charge in [-0.15, -0.1) is 0 Å². The summed E-state index contributed by atoms with van der Waals surface area (Å²) in [6.45, 7) is 5.07. The molecule has 8 nitrogen and oxygen atoms in total. The van der Waals surface area contributed by atoms with Crippen LogP contribution in [-0.4, -0.2) is 52.9 Å². The third-order valence-corrected chi connectivity index (χ3v) is 6.67. The van der Waals surface area contributed by atoms with Crippen molar-refractivity contribution in [2.45, 2.75) is 13.3 Å². The van der Waals surface area contributed by atoms with Gasteiger partial charge in [0.1, 0.15) is 0 Å². The highest BCUT2D eigenvalue weighted by atomic mass is 16.2. The lowest BCUT2D eigenvalue weighted by molar-refractivity contribution is -0.131. The zero-order chi connectivity index (χ0) is 26.5. The molecule has 0 spiro atoms. The van der Waals surface area contributed by atoms with Crippen LogP contribution in [0.4, 0.5) is 17.3 Å². The molecule has 0 atom stereocenters. The summed E-state index contributed by atoms with van der Waals surface area (Å²) in [4.78, 5) is 36.7. The average Bonchev–Trinajstić information content (AvgIpc) is 2.96. The van der Waals surface area contributed by atoms with Crippen molar-refractivity contribution in [3.8, 4) is 11.1 Å². The quantitative estimate of drug-likeness (QED) is 0.355. The van der Waals surface area contributed by atoms with E-state index in [2.05, 4.69) is 27.3 Å². The minimum Gasteiger partial charge on any atom is -0.368 e. The van der Waals surface area contributed by atoms with E-state index in [9.17, 15) is 9.59 Å². The summed E-state index contributed by atoms with van der Waals surface area (Å²) >= 11 is 0. The first-order chi connectivity index (χ1) is 18.5. The fourth-order valence-corrected chi connectivity index (χ4v) is 4.66. The smallest absolute Gasteiger partial charge is 0.241 e. The highest BCUT2D eigenvalue weighted by Gasteiger charge is 2.20. The van der Waals surface area contributed by atoms with Gasteiger partial charge in [-0.25, -0.2) is 9.97 Å². The first kappa shape index (κ1) is 25.0. The number of aromatic nitrogens is 2. The van der Waals surface area contributed by atoms with Crippen molar-refractivity contribution in [2.75, 3.05) is 36.4 Å². The molecule has 0 aliphatic carbocycles. The van der Waals surface area contributed by atoms with E-state index in [1.165, 1.54) is 6.08 Å². The molecule has 192 valence electrons. The molecule has 0 bridgehead atoms. The van der Waals surface area contributed by atoms with E-state index in [1.54, 1.807) is 6.08 Å². The third-order valence-electron chi connectivity index (χ3n) is 6.67. The monoisotopic (exact) mass is 506 g/mol. The van der Waals surface area contributed by atoms with Crippen LogP contribution in [0.3, 0.4) is 0 Å². The van der Waals surface area contributed by atoms with Crippen LogP contribution in [0.5, 0.6) is 0 Å². The van der Waals surface area contributed by atoms with Crippen LogP contribution in [0.1, 0.15) is 18.9 Å². The van der Waals surface area contributed by atoms with E-state index in [0.29, 0.717) is 12.4 Å². The van der Waals surface area contributed by atoms with Crippen molar-refractivity contribution in [3.63, 3.8) is 0 Å². The van der Waals surface area contributed by atoms with E-state index >= 15 is 0 Å². The molecule has 3 N–H and O–H groups in total. The van der Waals surface area contributed by atoms with Gasteiger partial charge >= 0.3 is 0 Å². The number of rotatable bonds is 7. The first-order valence-electron chi connectivity index (χ1n) is 12.7. The van der Waals surface area contributed by atoms with Gasteiger partial charge in [0.15, 0.2) is 0 Å². The third kappa shape index (κ3) is 5.64. The molecule has 0 unspecified atom stereocenters. The number of primary amides is 1. The zero-order valence-corrected chi connectivity index (χ0v) is 21.3. The number of para-hydroxylation sites is 1. The number of amides is 2. The highest BCUT2D eigenvalue weighted by Crippen LogP contribution is 2.29. The normalized spacial score (nSPS) is 13.7. The predicted molar refractivity (Wildman–Crippen MR) is 152 cm³/mol. The molecule has 1 aliphatic rings. The molecule has 2 heterocycles. The number of fused-ring (bicyclic) bond motifs is 1. The summed E-state index contributed by atoms with van der Waals surface area (Å²) in [7, 11) is 0. The second-order valence-electron chi connectivity index (χ2n) is 9.19. The minimum atomic E-state index is -0.483. The van der Waals surface area contributed by atoms with Crippen LogP contribution >= 0.6 is 0 Å². The Balaban J connectivity index is 1.34. The Bertz CT molecular complexity index is 1490. The summed E-state index contributed by atoms with van der Waals surface area (Å²) in [5.41, 5.74) is 10.9. The van der Waals surface area contributed by atoms with Crippen LogP contribution < -0.4 is 16.0 Å². The maximum atomic E-state index is 11.9. The zero-order valence-electron chi connectivity index (χ0n) is 21.3. The Kier molecular flexibility index (Phi) is 7.31. The summed E-state index contributed by atoms with van der Waals surface area (Å²) in [6.07, 6.45) is 5.42. The Morgan fingerprint density at radius 3 is 2.50 bits per heavy atom. The second-order valence-corrected chi connectivity index (χ2v) is 9.19. The minimum absolute atomic E-state index is 0.218. The Morgan fingerprint density at radius 1 is 1.00 bits per heavy atom. The molecule has 5 rings (SSSR count). The predicted octanol–water partition coefficient (Wildman–Crippen LogP) is 4.60. The lowest BCUT2D eigenvalue weighted by Gasteiger charge is -2.36. The van der Waals surface area contributed by atoms with E-state index in [0.717, 1.165) is 65.1 Å². The average molecular weight is 507 g/mol. The number of hydrogen-bond donors (Lipinski definition) is 2. The summed E-state index contributed by atoms with van der Waals surface area (Å²) in [6, 6.07) is 22.1. The van der Waals surface area contributed by atoms with Crippen LogP contribution in [0, 0.1) is 0 Å². The fraction of sp³-hybridized carbons (Fsp3) is 0.200. The molecule has 1 aliphatic heterocycles. The topological polar surface area (TPSA) is 104 Å². The van der Waals surface area contributed by atoms with Gasteiger partial charge in [0.25, 0.3) is 0 Å². The van der Waals surface area contributed by atoms with Gasteiger partial charge in [-0.2, -0.15) is 0 Å². The lowest BCUT2D eigenvalue weighted by atomic mass is 10.0. The van der Waals surface area contributed by atoms with Gasteiger partial charge < -0.3 is 20.9 Å². The van der Waals surface area contributed by atoms with Crippen LogP contribution in [-0.2, 0) is 9.59 Å². The van der Waals surface area contributed by atoms with Crippen molar-refractivity contribution >= 4 is 46.1 Å². The van der Waals surface area contributed by atoms with Crippen molar-refractivity contribution in [2.24, 2.45) is 5.73 Å². The summed E-state index contributed by atoms with van der Waals surface area (Å²) in [5.74, 6) is 0.243. The Hall–Kier alpha value is -4.72.